The average molecular weight is 439 g/mol. The van der Waals surface area contributed by atoms with E-state index in [1.54, 1.807) is 24.3 Å². The molecule has 3 fully saturated rings. The molecule has 0 aliphatic carbocycles. The van der Waals surface area contributed by atoms with Crippen molar-refractivity contribution in [3.63, 3.8) is 0 Å². The van der Waals surface area contributed by atoms with Crippen LogP contribution in [0, 0.1) is 16.7 Å². The van der Waals surface area contributed by atoms with Gasteiger partial charge in [-0.25, -0.2) is 8.42 Å². The summed E-state index contributed by atoms with van der Waals surface area (Å²) in [6.45, 7) is 3.87. The smallest absolute Gasteiger partial charge is 0.260 e. The fourth-order valence-electron chi connectivity index (χ4n) is 6.58. The summed E-state index contributed by atoms with van der Waals surface area (Å²) in [6.07, 6.45) is 3.14. The zero-order valence-electron chi connectivity index (χ0n) is 17.5. The summed E-state index contributed by atoms with van der Waals surface area (Å²) in [7, 11) is -3.62. The van der Waals surface area contributed by atoms with E-state index in [0.717, 1.165) is 37.2 Å². The normalized spacial score (nSPS) is 34.4. The van der Waals surface area contributed by atoms with Crippen molar-refractivity contribution < 1.29 is 13.2 Å². The van der Waals surface area contributed by atoms with E-state index in [1.165, 1.54) is 17.6 Å². The van der Waals surface area contributed by atoms with Gasteiger partial charge in [-0.3, -0.25) is 5.32 Å². The predicted octanol–water partition coefficient (Wildman–Crippen LogP) is 3.37. The highest BCUT2D eigenvalue weighted by Gasteiger charge is 2.57. The number of sulfone groups is 1. The zero-order chi connectivity index (χ0) is 21.2. The van der Waals surface area contributed by atoms with Crippen molar-refractivity contribution in [1.82, 2.24) is 10.2 Å². The number of nitroso groups, excluding NO2 is 1. The van der Waals surface area contributed by atoms with Crippen molar-refractivity contribution in [3.8, 4) is 0 Å². The van der Waals surface area contributed by atoms with Crippen molar-refractivity contribution in [3.05, 3.63) is 64.6 Å². The number of hydrogen-bond acceptors (Lipinski definition) is 5. The van der Waals surface area contributed by atoms with E-state index >= 15 is 0 Å². The Balaban J connectivity index is 1.44. The lowest BCUT2D eigenvalue weighted by Gasteiger charge is -2.45. The molecule has 2 aromatic rings. The molecule has 1 N–H and O–H groups in total. The van der Waals surface area contributed by atoms with Gasteiger partial charge in [0.15, 0.2) is 9.84 Å². The molecular weight excluding hydrogens is 410 g/mol. The van der Waals surface area contributed by atoms with Crippen LogP contribution in [0.5, 0.6) is 0 Å². The predicted molar refractivity (Wildman–Crippen MR) is 118 cm³/mol. The molecule has 3 unspecified atom stereocenters. The summed E-state index contributed by atoms with van der Waals surface area (Å²) in [5.74, 6) is 1.04. The van der Waals surface area contributed by atoms with Crippen LogP contribution < -0.4 is 5.32 Å². The Morgan fingerprint density at radius 1 is 0.968 bits per heavy atom. The number of benzene rings is 2. The van der Waals surface area contributed by atoms with Crippen LogP contribution >= 0.6 is 0 Å². The first-order chi connectivity index (χ1) is 15.1. The SMILES string of the molecule is O=[N+]1c2cccc3c2C(CCN[C@H]3S(=O)(=O)c2ccccc2)C1C1CN2CCC1CC2. The summed E-state index contributed by atoms with van der Waals surface area (Å²) in [5.41, 5.74) is 2.41. The van der Waals surface area contributed by atoms with Gasteiger partial charge in [-0.1, -0.05) is 30.3 Å². The maximum absolute atomic E-state index is 13.6. The average Bonchev–Trinajstić information content (AvgIpc) is 2.96. The van der Waals surface area contributed by atoms with E-state index in [2.05, 4.69) is 10.2 Å². The van der Waals surface area contributed by atoms with E-state index < -0.39 is 15.2 Å². The molecule has 6 nitrogen and oxygen atoms in total. The molecule has 0 saturated carbocycles. The minimum absolute atomic E-state index is 0.0812. The van der Waals surface area contributed by atoms with Crippen molar-refractivity contribution >= 4 is 15.5 Å². The van der Waals surface area contributed by atoms with Gasteiger partial charge in [-0.15, -0.1) is 0 Å². The van der Waals surface area contributed by atoms with Gasteiger partial charge in [0.25, 0.3) is 5.69 Å². The standard InChI is InChI=1S/C24H28N3O3S/c28-27-21-8-4-7-19-22(21)18(23(27)20-15-26-13-10-16(20)11-14-26)9-12-25-24(19)31(29,30)17-5-2-1-3-6-17/h1-8,16,18,20,23-25H,9-15H2/q+1/t18?,20?,23?,24-/m0/s1. The van der Waals surface area contributed by atoms with Gasteiger partial charge in [-0.2, -0.15) is 0 Å². The number of nitrogens with zero attached hydrogens (tertiary/aromatic N) is 2. The third-order valence-electron chi connectivity index (χ3n) is 8.00. The van der Waals surface area contributed by atoms with Crippen LogP contribution in [0.3, 0.4) is 0 Å². The van der Waals surface area contributed by atoms with Gasteiger partial charge >= 0.3 is 0 Å². The van der Waals surface area contributed by atoms with Gasteiger partial charge in [0.1, 0.15) is 5.37 Å². The van der Waals surface area contributed by atoms with Crippen LogP contribution in [0.15, 0.2) is 53.4 Å². The molecule has 7 heteroatoms. The number of hydrogen-bond donors (Lipinski definition) is 1. The Labute approximate surface area is 183 Å². The van der Waals surface area contributed by atoms with Gasteiger partial charge in [-0.05, 0) is 62.5 Å². The summed E-state index contributed by atoms with van der Waals surface area (Å²) in [6, 6.07) is 14.2. The molecule has 5 aliphatic heterocycles. The second kappa shape index (κ2) is 7.22. The third kappa shape index (κ3) is 2.93. The lowest BCUT2D eigenvalue weighted by Crippen LogP contribution is -2.53. The van der Waals surface area contributed by atoms with E-state index in [1.807, 2.05) is 24.3 Å². The van der Waals surface area contributed by atoms with Crippen molar-refractivity contribution in [1.29, 1.82) is 0 Å². The first-order valence-electron chi connectivity index (χ1n) is 11.4. The van der Waals surface area contributed by atoms with Crippen molar-refractivity contribution in [2.45, 2.75) is 41.5 Å². The summed E-state index contributed by atoms with van der Waals surface area (Å²) < 4.78 is 28.3. The number of piperidine rings is 3. The van der Waals surface area contributed by atoms with Crippen LogP contribution in [-0.2, 0) is 9.84 Å². The van der Waals surface area contributed by atoms with Crippen molar-refractivity contribution in [2.75, 3.05) is 26.2 Å². The molecule has 162 valence electrons. The molecule has 0 amide bonds. The fraction of sp³-hybridized carbons (Fsp3) is 0.500. The van der Waals surface area contributed by atoms with Crippen LogP contribution in [0.25, 0.3) is 0 Å². The Morgan fingerprint density at radius 2 is 1.74 bits per heavy atom. The largest absolute Gasteiger partial charge is 0.303 e. The monoisotopic (exact) mass is 438 g/mol. The Kier molecular flexibility index (Phi) is 4.56. The van der Waals surface area contributed by atoms with Gasteiger partial charge < -0.3 is 4.90 Å². The fourth-order valence-corrected chi connectivity index (χ4v) is 8.26. The van der Waals surface area contributed by atoms with E-state index in [4.69, 9.17) is 0 Å². The molecule has 5 heterocycles. The van der Waals surface area contributed by atoms with E-state index in [0.29, 0.717) is 29.0 Å². The minimum Gasteiger partial charge on any atom is -0.303 e. The molecule has 5 aliphatic rings. The molecular formula is C24H28N3O3S+. The second-order valence-corrected chi connectivity index (χ2v) is 11.5. The summed E-state index contributed by atoms with van der Waals surface area (Å²) in [4.78, 5) is 16.4. The highest BCUT2D eigenvalue weighted by Crippen LogP contribution is 2.52. The topological polar surface area (TPSA) is 69.5 Å². The highest BCUT2D eigenvalue weighted by atomic mass is 32.2. The number of fused-ring (bicyclic) bond motifs is 3. The highest BCUT2D eigenvalue weighted by molar-refractivity contribution is 7.91. The van der Waals surface area contributed by atoms with Crippen LogP contribution in [0.1, 0.15) is 41.7 Å². The minimum atomic E-state index is -3.62. The van der Waals surface area contributed by atoms with Crippen LogP contribution in [0.2, 0.25) is 0 Å². The molecule has 4 atom stereocenters. The molecule has 0 aromatic heterocycles. The van der Waals surface area contributed by atoms with Crippen LogP contribution in [-0.4, -0.2) is 50.3 Å². The summed E-state index contributed by atoms with van der Waals surface area (Å²) in [5, 5.41) is 2.50. The van der Waals surface area contributed by atoms with Crippen molar-refractivity contribution in [2.24, 2.45) is 11.8 Å². The third-order valence-corrected chi connectivity index (χ3v) is 9.97. The molecule has 31 heavy (non-hydrogen) atoms. The van der Waals surface area contributed by atoms with Crippen LogP contribution in [0.4, 0.5) is 5.69 Å². The zero-order valence-corrected chi connectivity index (χ0v) is 18.3. The van der Waals surface area contributed by atoms with Gasteiger partial charge in [0.05, 0.1) is 10.8 Å². The molecule has 0 spiro atoms. The first-order valence-corrected chi connectivity index (χ1v) is 12.9. The lowest BCUT2D eigenvalue weighted by molar-refractivity contribution is -0.513. The molecule has 3 saturated heterocycles. The molecule has 2 aromatic carbocycles. The van der Waals surface area contributed by atoms with E-state index in [-0.39, 0.29) is 12.0 Å². The number of nitrogens with one attached hydrogen (secondary N) is 1. The Bertz CT molecular complexity index is 1130. The van der Waals surface area contributed by atoms with Gasteiger partial charge in [0.2, 0.25) is 6.04 Å². The maximum atomic E-state index is 13.6. The Hall–Kier alpha value is -2.09. The first kappa shape index (κ1) is 19.6. The Morgan fingerprint density at radius 3 is 2.45 bits per heavy atom. The lowest BCUT2D eigenvalue weighted by atomic mass is 9.71. The summed E-state index contributed by atoms with van der Waals surface area (Å²) >= 11 is 0. The molecule has 2 bridgehead atoms. The molecule has 7 rings (SSSR count). The van der Waals surface area contributed by atoms with Gasteiger partial charge in [0, 0.05) is 33.8 Å². The maximum Gasteiger partial charge on any atom is 0.260 e. The molecule has 0 radical (unpaired) electrons. The second-order valence-electron chi connectivity index (χ2n) is 9.49. The quantitative estimate of drug-likeness (QED) is 0.744. The van der Waals surface area contributed by atoms with E-state index in [9.17, 15) is 13.3 Å². The number of rotatable bonds is 3.